The molecule has 3 rings (SSSR count). The molecule has 2 aromatic rings. The van der Waals surface area contributed by atoms with Crippen molar-refractivity contribution in [3.05, 3.63) is 63.3 Å². The number of H-pyrrole nitrogens is 1. The average molecular weight is 325 g/mol. The summed E-state index contributed by atoms with van der Waals surface area (Å²) in [5.74, 6) is 0.244. The second kappa shape index (κ2) is 6.59. The number of hydrogen-bond acceptors (Lipinski definition) is 3. The first-order valence-corrected chi connectivity index (χ1v) is 8.40. The fourth-order valence-electron chi connectivity index (χ4n) is 2.81. The van der Waals surface area contributed by atoms with Crippen molar-refractivity contribution in [2.45, 2.75) is 39.7 Å². The lowest BCUT2D eigenvalue weighted by molar-refractivity contribution is 0.0672. The number of nitrogens with one attached hydrogen (secondary N) is 1. The monoisotopic (exact) mass is 325 g/mol. The molecule has 0 saturated heterocycles. The minimum atomic E-state index is -0.413. The number of nitrogens with zero attached hydrogens (tertiary/aromatic N) is 2. The van der Waals surface area contributed by atoms with Gasteiger partial charge in [-0.3, -0.25) is 9.59 Å². The molecule has 0 bridgehead atoms. The van der Waals surface area contributed by atoms with Gasteiger partial charge in [0.25, 0.3) is 11.5 Å². The van der Waals surface area contributed by atoms with E-state index in [1.54, 1.807) is 18.7 Å². The van der Waals surface area contributed by atoms with Crippen molar-refractivity contribution in [1.29, 1.82) is 0 Å². The lowest BCUT2D eigenvalue weighted by atomic mass is 10.1. The van der Waals surface area contributed by atoms with Crippen LogP contribution >= 0.6 is 0 Å². The van der Waals surface area contributed by atoms with E-state index in [9.17, 15) is 9.59 Å². The van der Waals surface area contributed by atoms with Crippen LogP contribution in [0.15, 0.2) is 35.1 Å². The summed E-state index contributed by atoms with van der Waals surface area (Å²) in [6.45, 7) is 6.26. The Bertz CT molecular complexity index is 794. The maximum absolute atomic E-state index is 13.1. The summed E-state index contributed by atoms with van der Waals surface area (Å²) >= 11 is 0. The lowest BCUT2D eigenvalue weighted by Crippen LogP contribution is -2.39. The molecule has 1 saturated carbocycles. The molecule has 0 spiro atoms. The number of carbonyl (C=O) groups is 1. The number of rotatable bonds is 5. The summed E-state index contributed by atoms with van der Waals surface area (Å²) in [4.78, 5) is 34.1. The van der Waals surface area contributed by atoms with Gasteiger partial charge in [0.05, 0.1) is 11.7 Å². The topological polar surface area (TPSA) is 66.1 Å². The van der Waals surface area contributed by atoms with E-state index in [0.29, 0.717) is 23.9 Å². The summed E-state index contributed by atoms with van der Waals surface area (Å²) in [5.41, 5.74) is 2.01. The van der Waals surface area contributed by atoms with Gasteiger partial charge in [-0.1, -0.05) is 30.3 Å². The van der Waals surface area contributed by atoms with Crippen LogP contribution in [0.1, 0.15) is 53.2 Å². The number of hydrogen-bond donors (Lipinski definition) is 1. The molecule has 1 amide bonds. The normalized spacial score (nSPS) is 15.1. The highest BCUT2D eigenvalue weighted by molar-refractivity contribution is 5.92. The SMILES string of the molecule is Cc1nc(C(=O)N(CC2CC2)C(C)c2ccccc2)c(=O)[nH]c1C. The van der Waals surface area contributed by atoms with Crippen LogP contribution < -0.4 is 5.56 Å². The minimum absolute atomic E-state index is 0.0125. The minimum Gasteiger partial charge on any atom is -0.330 e. The van der Waals surface area contributed by atoms with Crippen LogP contribution in [0.3, 0.4) is 0 Å². The molecule has 0 aliphatic heterocycles. The first-order chi connectivity index (χ1) is 11.5. The highest BCUT2D eigenvalue weighted by Crippen LogP contribution is 2.33. The van der Waals surface area contributed by atoms with Crippen LogP contribution in [0.4, 0.5) is 0 Å². The van der Waals surface area contributed by atoms with E-state index in [-0.39, 0.29) is 17.6 Å². The Morgan fingerprint density at radius 3 is 2.58 bits per heavy atom. The summed E-state index contributed by atoms with van der Waals surface area (Å²) in [6.07, 6.45) is 2.28. The lowest BCUT2D eigenvalue weighted by Gasteiger charge is -2.29. The fourth-order valence-corrected chi connectivity index (χ4v) is 2.81. The second-order valence-corrected chi connectivity index (χ2v) is 6.61. The third-order valence-corrected chi connectivity index (χ3v) is 4.70. The molecular weight excluding hydrogens is 302 g/mol. The second-order valence-electron chi connectivity index (χ2n) is 6.61. The van der Waals surface area contributed by atoms with E-state index in [0.717, 1.165) is 18.4 Å². The van der Waals surface area contributed by atoms with Crippen LogP contribution in [-0.4, -0.2) is 27.3 Å². The highest BCUT2D eigenvalue weighted by Gasteiger charge is 2.32. The van der Waals surface area contributed by atoms with Gasteiger partial charge in [-0.05, 0) is 45.1 Å². The average Bonchev–Trinajstić information content (AvgIpc) is 3.40. The molecule has 1 aromatic carbocycles. The Kier molecular flexibility index (Phi) is 4.51. The van der Waals surface area contributed by atoms with Crippen LogP contribution in [0.5, 0.6) is 0 Å². The molecule has 5 nitrogen and oxygen atoms in total. The highest BCUT2D eigenvalue weighted by atomic mass is 16.2. The quantitative estimate of drug-likeness (QED) is 0.919. The smallest absolute Gasteiger partial charge is 0.279 e. The summed E-state index contributed by atoms with van der Waals surface area (Å²) in [6, 6.07) is 9.81. The Morgan fingerprint density at radius 1 is 1.29 bits per heavy atom. The zero-order valence-electron chi connectivity index (χ0n) is 14.4. The number of amides is 1. The van der Waals surface area contributed by atoms with E-state index in [1.165, 1.54) is 0 Å². The molecule has 5 heteroatoms. The van der Waals surface area contributed by atoms with Crippen molar-refractivity contribution >= 4 is 5.91 Å². The molecular formula is C19H23N3O2. The number of aryl methyl sites for hydroxylation is 2. The van der Waals surface area contributed by atoms with Gasteiger partial charge >= 0.3 is 0 Å². The molecule has 1 aliphatic rings. The largest absolute Gasteiger partial charge is 0.330 e. The summed E-state index contributed by atoms with van der Waals surface area (Å²) < 4.78 is 0. The molecule has 1 atom stereocenters. The molecule has 1 fully saturated rings. The van der Waals surface area contributed by atoms with Gasteiger partial charge in [0.2, 0.25) is 0 Å². The van der Waals surface area contributed by atoms with Crippen LogP contribution in [0.2, 0.25) is 0 Å². The van der Waals surface area contributed by atoms with Gasteiger partial charge < -0.3 is 9.88 Å². The molecule has 1 N–H and O–H groups in total. The number of benzene rings is 1. The number of aromatic amines is 1. The fraction of sp³-hybridized carbons (Fsp3) is 0.421. The molecule has 1 unspecified atom stereocenters. The Morgan fingerprint density at radius 2 is 1.96 bits per heavy atom. The predicted molar refractivity (Wildman–Crippen MR) is 92.9 cm³/mol. The molecule has 24 heavy (non-hydrogen) atoms. The third kappa shape index (κ3) is 3.40. The van der Waals surface area contributed by atoms with Gasteiger partial charge in [-0.25, -0.2) is 4.98 Å². The zero-order chi connectivity index (χ0) is 17.3. The standard InChI is InChI=1S/C19H23N3O2/c1-12-13(2)21-18(23)17(20-12)19(24)22(11-15-9-10-15)14(3)16-7-5-4-6-8-16/h4-8,14-15H,9-11H2,1-3H3,(H,21,23). The number of aromatic nitrogens is 2. The summed E-state index contributed by atoms with van der Waals surface area (Å²) in [7, 11) is 0. The Balaban J connectivity index is 1.95. The first-order valence-electron chi connectivity index (χ1n) is 8.40. The van der Waals surface area contributed by atoms with Crippen LogP contribution in [0.25, 0.3) is 0 Å². The molecule has 126 valence electrons. The van der Waals surface area contributed by atoms with E-state index in [4.69, 9.17) is 0 Å². The van der Waals surface area contributed by atoms with Crippen molar-refractivity contribution in [2.24, 2.45) is 5.92 Å². The molecule has 1 aliphatic carbocycles. The maximum atomic E-state index is 13.1. The molecule has 1 heterocycles. The van der Waals surface area contributed by atoms with E-state index in [1.807, 2.05) is 37.3 Å². The molecule has 0 radical (unpaired) electrons. The predicted octanol–water partition coefficient (Wildman–Crippen LogP) is 3.00. The van der Waals surface area contributed by atoms with Crippen molar-refractivity contribution in [3.8, 4) is 0 Å². The van der Waals surface area contributed by atoms with Gasteiger partial charge in [0, 0.05) is 12.2 Å². The molecule has 1 aromatic heterocycles. The van der Waals surface area contributed by atoms with Crippen molar-refractivity contribution < 1.29 is 4.79 Å². The zero-order valence-corrected chi connectivity index (χ0v) is 14.4. The van der Waals surface area contributed by atoms with Crippen molar-refractivity contribution in [2.75, 3.05) is 6.54 Å². The Hall–Kier alpha value is -2.43. The van der Waals surface area contributed by atoms with E-state index >= 15 is 0 Å². The Labute approximate surface area is 141 Å². The van der Waals surface area contributed by atoms with Crippen molar-refractivity contribution in [1.82, 2.24) is 14.9 Å². The van der Waals surface area contributed by atoms with Gasteiger partial charge in [-0.15, -0.1) is 0 Å². The maximum Gasteiger partial charge on any atom is 0.279 e. The van der Waals surface area contributed by atoms with E-state index in [2.05, 4.69) is 9.97 Å². The summed E-state index contributed by atoms with van der Waals surface area (Å²) in [5, 5.41) is 0. The van der Waals surface area contributed by atoms with E-state index < -0.39 is 5.56 Å². The van der Waals surface area contributed by atoms with Gasteiger partial charge in [-0.2, -0.15) is 0 Å². The van der Waals surface area contributed by atoms with Crippen molar-refractivity contribution in [3.63, 3.8) is 0 Å². The third-order valence-electron chi connectivity index (χ3n) is 4.70. The van der Waals surface area contributed by atoms with Gasteiger partial charge in [0.15, 0.2) is 5.69 Å². The number of carbonyl (C=O) groups excluding carboxylic acids is 1. The van der Waals surface area contributed by atoms with Crippen LogP contribution in [0, 0.1) is 19.8 Å². The first kappa shape index (κ1) is 16.4. The van der Waals surface area contributed by atoms with Crippen LogP contribution in [-0.2, 0) is 0 Å². The van der Waals surface area contributed by atoms with Gasteiger partial charge in [0.1, 0.15) is 0 Å².